The van der Waals surface area contributed by atoms with Gasteiger partial charge >= 0.3 is 0 Å². The van der Waals surface area contributed by atoms with Crippen molar-refractivity contribution in [1.82, 2.24) is 5.32 Å². The third-order valence-electron chi connectivity index (χ3n) is 3.63. The number of hydrogen-bond acceptors (Lipinski definition) is 4. The summed E-state index contributed by atoms with van der Waals surface area (Å²) in [5, 5.41) is 13.5. The first kappa shape index (κ1) is 15.9. The van der Waals surface area contributed by atoms with Gasteiger partial charge < -0.3 is 10.4 Å². The predicted octanol–water partition coefficient (Wildman–Crippen LogP) is 1.34. The molecule has 1 rings (SSSR count). The topological polar surface area (TPSA) is 66.4 Å². The van der Waals surface area contributed by atoms with Crippen LogP contribution in [-0.4, -0.2) is 43.7 Å². The molecule has 0 saturated heterocycles. The average molecular weight is 277 g/mol. The Kier molecular flexibility index (Phi) is 6.08. The average Bonchev–Trinajstić information content (AvgIpc) is 2.24. The molecule has 1 fully saturated rings. The Bertz CT molecular complexity index is 342. The predicted molar refractivity (Wildman–Crippen MR) is 74.4 cm³/mol. The van der Waals surface area contributed by atoms with Gasteiger partial charge in [-0.15, -0.1) is 0 Å². The third kappa shape index (κ3) is 5.67. The lowest BCUT2D eigenvalue weighted by Crippen LogP contribution is -2.45. The molecule has 2 atom stereocenters. The second kappa shape index (κ2) is 6.87. The van der Waals surface area contributed by atoms with Crippen LogP contribution < -0.4 is 5.32 Å². The van der Waals surface area contributed by atoms with Crippen LogP contribution in [-0.2, 0) is 9.84 Å². The van der Waals surface area contributed by atoms with Crippen molar-refractivity contribution in [2.75, 3.05) is 24.6 Å². The van der Waals surface area contributed by atoms with E-state index in [1.54, 1.807) is 0 Å². The van der Waals surface area contributed by atoms with Gasteiger partial charge in [-0.05, 0) is 25.2 Å². The largest absolute Gasteiger partial charge is 0.389 e. The summed E-state index contributed by atoms with van der Waals surface area (Å²) < 4.78 is 23.0. The molecule has 0 radical (unpaired) electrons. The summed E-state index contributed by atoms with van der Waals surface area (Å²) in [4.78, 5) is 0. The van der Waals surface area contributed by atoms with E-state index in [4.69, 9.17) is 0 Å². The Labute approximate surface area is 111 Å². The Hall–Kier alpha value is -0.130. The summed E-state index contributed by atoms with van der Waals surface area (Å²) in [6, 6.07) is 0. The van der Waals surface area contributed by atoms with E-state index in [-0.39, 0.29) is 11.5 Å². The molecule has 5 heteroatoms. The van der Waals surface area contributed by atoms with E-state index in [1.807, 2.05) is 6.92 Å². The van der Waals surface area contributed by atoms with E-state index in [9.17, 15) is 13.5 Å². The van der Waals surface area contributed by atoms with Crippen molar-refractivity contribution >= 4 is 9.84 Å². The quantitative estimate of drug-likeness (QED) is 0.689. The van der Waals surface area contributed by atoms with Crippen molar-refractivity contribution in [1.29, 1.82) is 0 Å². The normalized spacial score (nSPS) is 29.4. The molecule has 108 valence electrons. The number of nitrogens with one attached hydrogen (secondary N) is 1. The molecular weight excluding hydrogens is 250 g/mol. The van der Waals surface area contributed by atoms with Crippen molar-refractivity contribution in [2.45, 2.75) is 51.6 Å². The molecule has 1 aliphatic rings. The standard InChI is InChI=1S/C13H27NO3S/c1-3-8-18(16,17)9-7-14-11-13(15)6-4-5-12(2)10-13/h12,14-15H,3-11H2,1-2H3. The summed E-state index contributed by atoms with van der Waals surface area (Å²) >= 11 is 0. The van der Waals surface area contributed by atoms with Crippen LogP contribution in [0.15, 0.2) is 0 Å². The van der Waals surface area contributed by atoms with E-state index in [2.05, 4.69) is 12.2 Å². The minimum atomic E-state index is -2.91. The molecule has 1 saturated carbocycles. The summed E-state index contributed by atoms with van der Waals surface area (Å²) in [6.07, 6.45) is 4.57. The van der Waals surface area contributed by atoms with Gasteiger partial charge in [0.2, 0.25) is 0 Å². The molecule has 0 aromatic carbocycles. The second-order valence-corrected chi connectivity index (χ2v) is 8.06. The minimum Gasteiger partial charge on any atom is -0.389 e. The number of sulfone groups is 1. The van der Waals surface area contributed by atoms with Gasteiger partial charge in [0.05, 0.1) is 11.4 Å². The Morgan fingerprint density at radius 1 is 1.39 bits per heavy atom. The Balaban J connectivity index is 2.25. The fourth-order valence-electron chi connectivity index (χ4n) is 2.75. The molecule has 0 spiro atoms. The van der Waals surface area contributed by atoms with Crippen LogP contribution in [0.3, 0.4) is 0 Å². The molecular formula is C13H27NO3S. The lowest BCUT2D eigenvalue weighted by atomic mass is 9.79. The van der Waals surface area contributed by atoms with Crippen LogP contribution in [0.1, 0.15) is 46.0 Å². The Morgan fingerprint density at radius 2 is 2.11 bits per heavy atom. The number of aliphatic hydroxyl groups is 1. The van der Waals surface area contributed by atoms with Crippen molar-refractivity contribution in [3.8, 4) is 0 Å². The van der Waals surface area contributed by atoms with Gasteiger partial charge in [0, 0.05) is 18.8 Å². The maximum Gasteiger partial charge on any atom is 0.151 e. The molecule has 0 aliphatic heterocycles. The summed E-state index contributed by atoms with van der Waals surface area (Å²) in [6.45, 7) is 4.99. The van der Waals surface area contributed by atoms with E-state index < -0.39 is 15.4 Å². The van der Waals surface area contributed by atoms with Crippen molar-refractivity contribution in [2.24, 2.45) is 5.92 Å². The molecule has 0 amide bonds. The maximum atomic E-state index is 11.5. The maximum absolute atomic E-state index is 11.5. The van der Waals surface area contributed by atoms with Gasteiger partial charge in [0.25, 0.3) is 0 Å². The van der Waals surface area contributed by atoms with Gasteiger partial charge in [0.15, 0.2) is 9.84 Å². The highest BCUT2D eigenvalue weighted by Crippen LogP contribution is 2.31. The first-order valence-electron chi connectivity index (χ1n) is 7.00. The molecule has 18 heavy (non-hydrogen) atoms. The second-order valence-electron chi connectivity index (χ2n) is 5.75. The van der Waals surface area contributed by atoms with E-state index in [1.165, 1.54) is 6.42 Å². The van der Waals surface area contributed by atoms with Crippen LogP contribution in [0.25, 0.3) is 0 Å². The fraction of sp³-hybridized carbons (Fsp3) is 1.00. The molecule has 0 aromatic rings. The van der Waals surface area contributed by atoms with Gasteiger partial charge in [-0.25, -0.2) is 8.42 Å². The van der Waals surface area contributed by atoms with E-state index >= 15 is 0 Å². The van der Waals surface area contributed by atoms with Gasteiger partial charge in [-0.3, -0.25) is 0 Å². The van der Waals surface area contributed by atoms with Crippen LogP contribution in [0.4, 0.5) is 0 Å². The first-order chi connectivity index (χ1) is 8.37. The van der Waals surface area contributed by atoms with Crippen molar-refractivity contribution in [3.05, 3.63) is 0 Å². The molecule has 4 nitrogen and oxygen atoms in total. The van der Waals surface area contributed by atoms with Crippen LogP contribution >= 0.6 is 0 Å². The van der Waals surface area contributed by atoms with Crippen LogP contribution in [0.5, 0.6) is 0 Å². The van der Waals surface area contributed by atoms with Crippen molar-refractivity contribution < 1.29 is 13.5 Å². The lowest BCUT2D eigenvalue weighted by Gasteiger charge is -2.35. The number of rotatable bonds is 7. The lowest BCUT2D eigenvalue weighted by molar-refractivity contribution is -0.0112. The molecule has 0 heterocycles. The van der Waals surface area contributed by atoms with Crippen molar-refractivity contribution in [3.63, 3.8) is 0 Å². The van der Waals surface area contributed by atoms with E-state index in [0.717, 1.165) is 19.3 Å². The molecule has 0 aromatic heterocycles. The minimum absolute atomic E-state index is 0.173. The summed E-state index contributed by atoms with van der Waals surface area (Å²) in [5.74, 6) is 0.997. The highest BCUT2D eigenvalue weighted by atomic mass is 32.2. The fourth-order valence-corrected chi connectivity index (χ4v) is 4.04. The molecule has 2 N–H and O–H groups in total. The number of hydrogen-bond donors (Lipinski definition) is 2. The zero-order valence-corrected chi connectivity index (χ0v) is 12.4. The summed E-state index contributed by atoms with van der Waals surface area (Å²) in [5.41, 5.74) is -0.633. The van der Waals surface area contributed by atoms with Gasteiger partial charge in [0.1, 0.15) is 0 Å². The monoisotopic (exact) mass is 277 g/mol. The highest BCUT2D eigenvalue weighted by molar-refractivity contribution is 7.91. The Morgan fingerprint density at radius 3 is 2.72 bits per heavy atom. The highest BCUT2D eigenvalue weighted by Gasteiger charge is 2.32. The van der Waals surface area contributed by atoms with E-state index in [0.29, 0.717) is 25.4 Å². The zero-order valence-electron chi connectivity index (χ0n) is 11.6. The van der Waals surface area contributed by atoms with Crippen LogP contribution in [0, 0.1) is 5.92 Å². The smallest absolute Gasteiger partial charge is 0.151 e. The molecule has 1 aliphatic carbocycles. The zero-order chi connectivity index (χ0) is 13.6. The molecule has 2 unspecified atom stereocenters. The van der Waals surface area contributed by atoms with Gasteiger partial charge in [-0.1, -0.05) is 26.7 Å². The SMILES string of the molecule is CCCS(=O)(=O)CCNCC1(O)CCCC(C)C1. The van der Waals surface area contributed by atoms with Gasteiger partial charge in [-0.2, -0.15) is 0 Å². The summed E-state index contributed by atoms with van der Waals surface area (Å²) in [7, 11) is -2.91. The molecule has 0 bridgehead atoms. The van der Waals surface area contributed by atoms with Crippen LogP contribution in [0.2, 0.25) is 0 Å². The first-order valence-corrected chi connectivity index (χ1v) is 8.82. The third-order valence-corrected chi connectivity index (χ3v) is 5.48.